The summed E-state index contributed by atoms with van der Waals surface area (Å²) in [5.41, 5.74) is 0.674. The average Bonchev–Trinajstić information content (AvgIpc) is 2.22. The number of nitrogens with one attached hydrogen (secondary N) is 1. The highest BCUT2D eigenvalue weighted by molar-refractivity contribution is 5.40. The monoisotopic (exact) mass is 205 g/mol. The first-order valence-electron chi connectivity index (χ1n) is 4.80. The second-order valence-electron chi connectivity index (χ2n) is 3.27. The summed E-state index contributed by atoms with van der Waals surface area (Å²) in [6.45, 7) is 4.25. The Morgan fingerprint density at radius 3 is 2.80 bits per heavy atom. The molecule has 3 nitrogen and oxygen atoms in total. The fourth-order valence-electron chi connectivity index (χ4n) is 1.29. The van der Waals surface area contributed by atoms with Crippen LogP contribution in [0.25, 0.3) is 0 Å². The number of hydrogen-bond donors (Lipinski definition) is 3. The van der Waals surface area contributed by atoms with Crippen molar-refractivity contribution in [2.75, 3.05) is 6.54 Å². The summed E-state index contributed by atoms with van der Waals surface area (Å²) in [6, 6.07) is 4.44. The Bertz CT molecular complexity index is 390. The van der Waals surface area contributed by atoms with Crippen LogP contribution in [0.2, 0.25) is 0 Å². The molecule has 1 aromatic rings. The second-order valence-corrected chi connectivity index (χ2v) is 3.27. The van der Waals surface area contributed by atoms with Gasteiger partial charge in [0.1, 0.15) is 11.5 Å². The summed E-state index contributed by atoms with van der Waals surface area (Å²) in [5.74, 6) is 5.98. The summed E-state index contributed by atoms with van der Waals surface area (Å²) in [7, 11) is 0. The maximum atomic E-state index is 9.57. The molecule has 0 aliphatic carbocycles. The molecule has 1 unspecified atom stereocenters. The quantitative estimate of drug-likeness (QED) is 0.520. The molecule has 0 heterocycles. The Morgan fingerprint density at radius 1 is 1.40 bits per heavy atom. The van der Waals surface area contributed by atoms with Crippen LogP contribution in [0, 0.1) is 11.8 Å². The zero-order chi connectivity index (χ0) is 11.3. The van der Waals surface area contributed by atoms with E-state index in [0.717, 1.165) is 0 Å². The topological polar surface area (TPSA) is 52.5 Å². The predicted octanol–water partition coefficient (Wildman–Crippen LogP) is 1.77. The van der Waals surface area contributed by atoms with Gasteiger partial charge in [0.25, 0.3) is 0 Å². The number of phenols is 2. The van der Waals surface area contributed by atoms with Gasteiger partial charge < -0.3 is 10.2 Å². The van der Waals surface area contributed by atoms with Crippen LogP contribution < -0.4 is 5.32 Å². The third-order valence-electron chi connectivity index (χ3n) is 2.15. The Balaban J connectivity index is 2.74. The number of rotatable bonds is 3. The van der Waals surface area contributed by atoms with E-state index in [0.29, 0.717) is 12.1 Å². The van der Waals surface area contributed by atoms with Gasteiger partial charge in [-0.15, -0.1) is 5.92 Å². The summed E-state index contributed by atoms with van der Waals surface area (Å²) in [5, 5.41) is 22.0. The van der Waals surface area contributed by atoms with Gasteiger partial charge in [-0.1, -0.05) is 5.92 Å². The van der Waals surface area contributed by atoms with Gasteiger partial charge in [0.2, 0.25) is 0 Å². The lowest BCUT2D eigenvalue weighted by Crippen LogP contribution is -2.18. The molecule has 0 radical (unpaired) electrons. The minimum Gasteiger partial charge on any atom is -0.508 e. The Hall–Kier alpha value is -1.66. The van der Waals surface area contributed by atoms with Crippen molar-refractivity contribution < 1.29 is 10.2 Å². The third-order valence-corrected chi connectivity index (χ3v) is 2.15. The summed E-state index contributed by atoms with van der Waals surface area (Å²) in [4.78, 5) is 0. The lowest BCUT2D eigenvalue weighted by molar-refractivity contribution is 0.444. The van der Waals surface area contributed by atoms with E-state index in [4.69, 9.17) is 0 Å². The van der Waals surface area contributed by atoms with Crippen molar-refractivity contribution in [3.63, 3.8) is 0 Å². The van der Waals surface area contributed by atoms with Crippen LogP contribution in [-0.4, -0.2) is 16.8 Å². The SMILES string of the molecule is CC#CCNC(C)c1cc(O)ccc1O. The molecule has 3 N–H and O–H groups in total. The Morgan fingerprint density at radius 2 is 2.13 bits per heavy atom. The Kier molecular flexibility index (Phi) is 4.02. The molecule has 0 aromatic heterocycles. The van der Waals surface area contributed by atoms with Gasteiger partial charge in [-0.25, -0.2) is 0 Å². The largest absolute Gasteiger partial charge is 0.508 e. The van der Waals surface area contributed by atoms with E-state index < -0.39 is 0 Å². The van der Waals surface area contributed by atoms with Crippen molar-refractivity contribution in [3.05, 3.63) is 23.8 Å². The molecule has 15 heavy (non-hydrogen) atoms. The molecule has 0 saturated heterocycles. The summed E-state index contributed by atoms with van der Waals surface area (Å²) in [6.07, 6.45) is 0. The van der Waals surface area contributed by atoms with E-state index >= 15 is 0 Å². The molecule has 0 aliphatic rings. The van der Waals surface area contributed by atoms with Crippen LogP contribution in [0.5, 0.6) is 11.5 Å². The van der Waals surface area contributed by atoms with E-state index in [9.17, 15) is 10.2 Å². The molecule has 1 atom stereocenters. The number of aromatic hydroxyl groups is 2. The summed E-state index contributed by atoms with van der Waals surface area (Å²) < 4.78 is 0. The van der Waals surface area contributed by atoms with E-state index in [1.807, 2.05) is 6.92 Å². The van der Waals surface area contributed by atoms with Crippen molar-refractivity contribution in [2.45, 2.75) is 19.9 Å². The molecule has 0 spiro atoms. The predicted molar refractivity (Wildman–Crippen MR) is 59.6 cm³/mol. The number of benzene rings is 1. The molecule has 3 heteroatoms. The number of phenolic OH excluding ortho intramolecular Hbond substituents is 2. The molecular formula is C12H15NO2. The van der Waals surface area contributed by atoms with Gasteiger partial charge in [0.15, 0.2) is 0 Å². The number of hydrogen-bond acceptors (Lipinski definition) is 3. The normalized spacial score (nSPS) is 11.6. The van der Waals surface area contributed by atoms with Crippen molar-refractivity contribution >= 4 is 0 Å². The van der Waals surface area contributed by atoms with Gasteiger partial charge in [0.05, 0.1) is 6.54 Å². The minimum absolute atomic E-state index is 0.0436. The zero-order valence-corrected chi connectivity index (χ0v) is 8.91. The second kappa shape index (κ2) is 5.28. The van der Waals surface area contributed by atoms with Crippen molar-refractivity contribution in [3.8, 4) is 23.3 Å². The van der Waals surface area contributed by atoms with Crippen molar-refractivity contribution in [2.24, 2.45) is 0 Å². The standard InChI is InChI=1S/C12H15NO2/c1-3-4-7-13-9(2)11-8-10(14)5-6-12(11)15/h5-6,8-9,13-15H,7H2,1-2H3. The molecule has 0 saturated carbocycles. The molecule has 80 valence electrons. The highest BCUT2D eigenvalue weighted by Gasteiger charge is 2.09. The van der Waals surface area contributed by atoms with Crippen molar-refractivity contribution in [1.82, 2.24) is 5.32 Å². The molecule has 1 aromatic carbocycles. The highest BCUT2D eigenvalue weighted by atomic mass is 16.3. The maximum absolute atomic E-state index is 9.57. The molecule has 0 bridgehead atoms. The molecule has 0 amide bonds. The van der Waals surface area contributed by atoms with E-state index in [2.05, 4.69) is 17.2 Å². The maximum Gasteiger partial charge on any atom is 0.120 e. The van der Waals surface area contributed by atoms with E-state index in [-0.39, 0.29) is 17.5 Å². The third kappa shape index (κ3) is 3.19. The van der Waals surface area contributed by atoms with Gasteiger partial charge in [0, 0.05) is 11.6 Å². The zero-order valence-electron chi connectivity index (χ0n) is 8.91. The van der Waals surface area contributed by atoms with Crippen LogP contribution in [0.4, 0.5) is 0 Å². The first-order valence-corrected chi connectivity index (χ1v) is 4.80. The molecular weight excluding hydrogens is 190 g/mol. The Labute approximate surface area is 89.8 Å². The van der Waals surface area contributed by atoms with Crippen LogP contribution in [0.3, 0.4) is 0 Å². The fraction of sp³-hybridized carbons (Fsp3) is 0.333. The van der Waals surface area contributed by atoms with Gasteiger partial charge >= 0.3 is 0 Å². The first kappa shape index (κ1) is 11.4. The van der Waals surface area contributed by atoms with E-state index in [1.165, 1.54) is 12.1 Å². The first-order chi connectivity index (χ1) is 7.15. The lowest BCUT2D eigenvalue weighted by atomic mass is 10.1. The van der Waals surface area contributed by atoms with Crippen LogP contribution in [0.1, 0.15) is 25.5 Å². The lowest BCUT2D eigenvalue weighted by Gasteiger charge is -2.13. The molecule has 0 fully saturated rings. The van der Waals surface area contributed by atoms with Gasteiger partial charge in [-0.05, 0) is 32.0 Å². The highest BCUT2D eigenvalue weighted by Crippen LogP contribution is 2.27. The van der Waals surface area contributed by atoms with Gasteiger partial charge in [-0.3, -0.25) is 5.32 Å². The van der Waals surface area contributed by atoms with E-state index in [1.54, 1.807) is 13.0 Å². The van der Waals surface area contributed by atoms with Crippen LogP contribution in [0.15, 0.2) is 18.2 Å². The average molecular weight is 205 g/mol. The van der Waals surface area contributed by atoms with Crippen molar-refractivity contribution in [1.29, 1.82) is 0 Å². The van der Waals surface area contributed by atoms with Crippen LogP contribution >= 0.6 is 0 Å². The van der Waals surface area contributed by atoms with Crippen LogP contribution in [-0.2, 0) is 0 Å². The minimum atomic E-state index is -0.0436. The molecule has 1 rings (SSSR count). The smallest absolute Gasteiger partial charge is 0.120 e. The molecule has 0 aliphatic heterocycles. The summed E-state index contributed by atoms with van der Waals surface area (Å²) >= 11 is 0. The van der Waals surface area contributed by atoms with Gasteiger partial charge in [-0.2, -0.15) is 0 Å². The fourth-order valence-corrected chi connectivity index (χ4v) is 1.29.